The summed E-state index contributed by atoms with van der Waals surface area (Å²) in [6.07, 6.45) is 5.53. The fourth-order valence-corrected chi connectivity index (χ4v) is 1.90. The first kappa shape index (κ1) is 15.7. The van der Waals surface area contributed by atoms with Crippen molar-refractivity contribution in [2.45, 2.75) is 46.1 Å². The maximum Gasteiger partial charge on any atom is 0.331 e. The second kappa shape index (κ2) is 7.29. The van der Waals surface area contributed by atoms with Gasteiger partial charge in [-0.1, -0.05) is 25.2 Å². The fourth-order valence-electron chi connectivity index (χ4n) is 1.90. The Morgan fingerprint density at radius 2 is 2.26 bits per heavy atom. The van der Waals surface area contributed by atoms with Crippen LogP contribution in [0, 0.1) is 5.92 Å². The lowest BCUT2D eigenvalue weighted by Crippen LogP contribution is -2.13. The second-order valence-electron chi connectivity index (χ2n) is 5.40. The van der Waals surface area contributed by atoms with Crippen molar-refractivity contribution in [2.75, 3.05) is 6.61 Å². The molecular weight excluding hydrogens is 240 g/mol. The van der Waals surface area contributed by atoms with Crippen molar-refractivity contribution < 1.29 is 14.6 Å². The number of aliphatic hydroxyl groups is 1. The number of carbonyl (C=O) groups excluding carboxylic acids is 1. The van der Waals surface area contributed by atoms with Crippen LogP contribution in [-0.2, 0) is 9.53 Å². The SMILES string of the molecule is C=C(C)C(C)CC(O)/C(C)=C/CCC1=CC(=O)OC1. The largest absolute Gasteiger partial charge is 0.458 e. The van der Waals surface area contributed by atoms with Gasteiger partial charge in [0.15, 0.2) is 0 Å². The van der Waals surface area contributed by atoms with Gasteiger partial charge in [-0.2, -0.15) is 0 Å². The molecule has 3 nitrogen and oxygen atoms in total. The summed E-state index contributed by atoms with van der Waals surface area (Å²) >= 11 is 0. The summed E-state index contributed by atoms with van der Waals surface area (Å²) in [7, 11) is 0. The molecule has 106 valence electrons. The van der Waals surface area contributed by atoms with Gasteiger partial charge in [-0.25, -0.2) is 4.79 Å². The molecular formula is C16H24O3. The number of aliphatic hydroxyl groups excluding tert-OH is 1. The van der Waals surface area contributed by atoms with Gasteiger partial charge in [0.2, 0.25) is 0 Å². The molecule has 0 fully saturated rings. The summed E-state index contributed by atoms with van der Waals surface area (Å²) in [5.74, 6) is 0.0768. The van der Waals surface area contributed by atoms with Crippen molar-refractivity contribution in [3.8, 4) is 0 Å². The average Bonchev–Trinajstić information content (AvgIpc) is 2.74. The third-order valence-corrected chi connectivity index (χ3v) is 3.60. The maximum absolute atomic E-state index is 10.9. The number of hydrogen-bond donors (Lipinski definition) is 1. The molecule has 0 bridgehead atoms. The lowest BCUT2D eigenvalue weighted by Gasteiger charge is -2.17. The predicted molar refractivity (Wildman–Crippen MR) is 76.6 cm³/mol. The van der Waals surface area contributed by atoms with Crippen molar-refractivity contribution >= 4 is 5.97 Å². The molecule has 3 heteroatoms. The van der Waals surface area contributed by atoms with Crippen molar-refractivity contribution in [1.82, 2.24) is 0 Å². The fraction of sp³-hybridized carbons (Fsp3) is 0.562. The molecule has 19 heavy (non-hydrogen) atoms. The Labute approximate surface area is 115 Å². The van der Waals surface area contributed by atoms with E-state index < -0.39 is 6.10 Å². The van der Waals surface area contributed by atoms with Gasteiger partial charge in [-0.05, 0) is 50.2 Å². The minimum absolute atomic E-state index is 0.244. The predicted octanol–water partition coefficient (Wildman–Crippen LogP) is 3.16. The van der Waals surface area contributed by atoms with Gasteiger partial charge in [0.25, 0.3) is 0 Å². The minimum Gasteiger partial charge on any atom is -0.458 e. The highest BCUT2D eigenvalue weighted by atomic mass is 16.5. The van der Waals surface area contributed by atoms with E-state index in [1.807, 2.05) is 19.9 Å². The molecule has 1 rings (SSSR count). The van der Waals surface area contributed by atoms with Crippen molar-refractivity contribution in [2.24, 2.45) is 5.92 Å². The molecule has 0 aliphatic carbocycles. The number of carbonyl (C=O) groups is 1. The first-order chi connectivity index (χ1) is 8.90. The van der Waals surface area contributed by atoms with E-state index in [-0.39, 0.29) is 5.97 Å². The zero-order valence-electron chi connectivity index (χ0n) is 12.1. The lowest BCUT2D eigenvalue weighted by molar-refractivity contribution is -0.134. The molecule has 2 unspecified atom stereocenters. The van der Waals surface area contributed by atoms with Gasteiger partial charge in [0.05, 0.1) is 6.10 Å². The van der Waals surface area contributed by atoms with Gasteiger partial charge in [0, 0.05) is 6.08 Å². The Kier molecular flexibility index (Phi) is 6.03. The minimum atomic E-state index is -0.415. The lowest BCUT2D eigenvalue weighted by atomic mass is 9.93. The summed E-state index contributed by atoms with van der Waals surface area (Å²) < 4.78 is 4.84. The number of rotatable bonds is 7. The first-order valence-electron chi connectivity index (χ1n) is 6.76. The highest BCUT2D eigenvalue weighted by Gasteiger charge is 2.13. The zero-order valence-corrected chi connectivity index (χ0v) is 12.1. The van der Waals surface area contributed by atoms with Gasteiger partial charge < -0.3 is 9.84 Å². The third kappa shape index (κ3) is 5.43. The van der Waals surface area contributed by atoms with E-state index in [4.69, 9.17) is 4.74 Å². The molecule has 1 N–H and O–H groups in total. The smallest absolute Gasteiger partial charge is 0.331 e. The van der Waals surface area contributed by atoms with Crippen molar-refractivity contribution in [1.29, 1.82) is 0 Å². The molecule has 0 aromatic carbocycles. The number of esters is 1. The normalized spacial score (nSPS) is 18.8. The van der Waals surface area contributed by atoms with Gasteiger partial charge in [-0.15, -0.1) is 0 Å². The van der Waals surface area contributed by atoms with Crippen LogP contribution < -0.4 is 0 Å². The van der Waals surface area contributed by atoms with Crippen LogP contribution in [0.2, 0.25) is 0 Å². The molecule has 0 spiro atoms. The van der Waals surface area contributed by atoms with Crippen LogP contribution in [0.3, 0.4) is 0 Å². The Bertz CT molecular complexity index is 404. The molecule has 0 aromatic heterocycles. The second-order valence-corrected chi connectivity index (χ2v) is 5.40. The first-order valence-corrected chi connectivity index (χ1v) is 6.76. The van der Waals surface area contributed by atoms with E-state index in [0.29, 0.717) is 18.9 Å². The quantitative estimate of drug-likeness (QED) is 0.567. The number of cyclic esters (lactones) is 1. The van der Waals surface area contributed by atoms with Crippen LogP contribution in [-0.4, -0.2) is 23.8 Å². The van der Waals surface area contributed by atoms with Crippen LogP contribution in [0.25, 0.3) is 0 Å². The Balaban J connectivity index is 2.37. The molecule has 0 amide bonds. The van der Waals surface area contributed by atoms with E-state index in [2.05, 4.69) is 13.5 Å². The Morgan fingerprint density at radius 3 is 2.79 bits per heavy atom. The van der Waals surface area contributed by atoms with Crippen molar-refractivity contribution in [3.63, 3.8) is 0 Å². The summed E-state index contributed by atoms with van der Waals surface area (Å²) in [5.41, 5.74) is 3.11. The Morgan fingerprint density at radius 1 is 1.58 bits per heavy atom. The van der Waals surface area contributed by atoms with Crippen LogP contribution >= 0.6 is 0 Å². The van der Waals surface area contributed by atoms with Crippen LogP contribution in [0.4, 0.5) is 0 Å². The number of allylic oxidation sites excluding steroid dienone is 2. The summed E-state index contributed by atoms with van der Waals surface area (Å²) in [4.78, 5) is 10.9. The highest BCUT2D eigenvalue weighted by Crippen LogP contribution is 2.19. The van der Waals surface area contributed by atoms with E-state index in [9.17, 15) is 9.90 Å². The van der Waals surface area contributed by atoms with Crippen LogP contribution in [0.1, 0.15) is 40.0 Å². The van der Waals surface area contributed by atoms with Crippen molar-refractivity contribution in [3.05, 3.63) is 35.5 Å². The third-order valence-electron chi connectivity index (χ3n) is 3.60. The van der Waals surface area contributed by atoms with E-state index >= 15 is 0 Å². The van der Waals surface area contributed by atoms with Crippen LogP contribution in [0.5, 0.6) is 0 Å². The molecule has 1 aliphatic rings. The van der Waals surface area contributed by atoms with Gasteiger partial charge in [-0.3, -0.25) is 0 Å². The Hall–Kier alpha value is -1.35. The molecule has 2 atom stereocenters. The topological polar surface area (TPSA) is 46.5 Å². The number of hydrogen-bond acceptors (Lipinski definition) is 3. The molecule has 1 heterocycles. The molecule has 0 saturated heterocycles. The summed E-state index contributed by atoms with van der Waals surface area (Å²) in [6, 6.07) is 0. The standard InChI is InChI=1S/C16H24O3/c1-11(2)13(4)8-15(17)12(3)6-5-7-14-9-16(18)19-10-14/h6,9,13,15,17H,1,5,7-8,10H2,2-4H3/b12-6+. The molecule has 1 aliphatic heterocycles. The molecule has 0 radical (unpaired) electrons. The van der Waals surface area contributed by atoms with E-state index in [0.717, 1.165) is 29.6 Å². The zero-order chi connectivity index (χ0) is 14.4. The summed E-state index contributed by atoms with van der Waals surface area (Å²) in [5, 5.41) is 10.1. The van der Waals surface area contributed by atoms with E-state index in [1.165, 1.54) is 0 Å². The van der Waals surface area contributed by atoms with Gasteiger partial charge in [0.1, 0.15) is 6.61 Å². The molecule has 0 aromatic rings. The highest BCUT2D eigenvalue weighted by molar-refractivity contribution is 5.85. The average molecular weight is 264 g/mol. The van der Waals surface area contributed by atoms with Crippen LogP contribution in [0.15, 0.2) is 35.5 Å². The summed E-state index contributed by atoms with van der Waals surface area (Å²) in [6.45, 7) is 10.3. The molecule has 0 saturated carbocycles. The maximum atomic E-state index is 10.9. The van der Waals surface area contributed by atoms with E-state index in [1.54, 1.807) is 6.08 Å². The monoisotopic (exact) mass is 264 g/mol. The van der Waals surface area contributed by atoms with Gasteiger partial charge >= 0.3 is 5.97 Å². The number of ether oxygens (including phenoxy) is 1.